The number of piperidine rings is 1. The lowest BCUT2D eigenvalue weighted by atomic mass is 9.93. The number of rotatable bonds is 7. The first-order chi connectivity index (χ1) is 14.6. The standard InChI is InChI=1S/C23H35N5O2/c1-3-25-23(27-13-10-18(11-14-27)15-21(29)24-2)26-12-6-9-22(30)28-16-19-7-4-5-8-20(19)17-28/h4-5,7-8,18H,3,6,9-17H2,1-2H3,(H,24,29)(H,25,26). The molecule has 0 atom stereocenters. The Morgan fingerprint density at radius 1 is 1.10 bits per heavy atom. The normalized spacial score (nSPS) is 17.1. The third kappa shape index (κ3) is 5.97. The van der Waals surface area contributed by atoms with Gasteiger partial charge in [0.25, 0.3) is 0 Å². The summed E-state index contributed by atoms with van der Waals surface area (Å²) in [6.07, 6.45) is 3.91. The molecule has 0 saturated carbocycles. The molecular formula is C23H35N5O2. The van der Waals surface area contributed by atoms with E-state index < -0.39 is 0 Å². The van der Waals surface area contributed by atoms with Crippen molar-refractivity contribution in [2.45, 2.75) is 52.1 Å². The van der Waals surface area contributed by atoms with Crippen molar-refractivity contribution in [3.8, 4) is 0 Å². The molecule has 0 unspecified atom stereocenters. The molecule has 164 valence electrons. The van der Waals surface area contributed by atoms with E-state index in [1.807, 2.05) is 17.0 Å². The first-order valence-electron chi connectivity index (χ1n) is 11.2. The Balaban J connectivity index is 1.42. The summed E-state index contributed by atoms with van der Waals surface area (Å²) in [5.41, 5.74) is 2.52. The molecule has 2 amide bonds. The highest BCUT2D eigenvalue weighted by molar-refractivity contribution is 5.80. The Morgan fingerprint density at radius 2 is 1.77 bits per heavy atom. The van der Waals surface area contributed by atoms with E-state index in [2.05, 4.69) is 34.6 Å². The molecule has 1 aromatic carbocycles. The molecule has 0 bridgehead atoms. The molecule has 1 fully saturated rings. The highest BCUT2D eigenvalue weighted by atomic mass is 16.2. The third-order valence-electron chi connectivity index (χ3n) is 6.01. The van der Waals surface area contributed by atoms with Crippen LogP contribution in [-0.4, -0.2) is 60.8 Å². The van der Waals surface area contributed by atoms with Gasteiger partial charge in [0.2, 0.25) is 11.8 Å². The van der Waals surface area contributed by atoms with Gasteiger partial charge in [0.05, 0.1) is 0 Å². The topological polar surface area (TPSA) is 77.0 Å². The molecule has 0 aliphatic carbocycles. The highest BCUT2D eigenvalue weighted by Gasteiger charge is 2.24. The number of carbonyl (C=O) groups excluding carboxylic acids is 2. The lowest BCUT2D eigenvalue weighted by molar-refractivity contribution is -0.131. The van der Waals surface area contributed by atoms with Crippen LogP contribution in [0.15, 0.2) is 29.3 Å². The van der Waals surface area contributed by atoms with Gasteiger partial charge in [0, 0.05) is 59.2 Å². The van der Waals surface area contributed by atoms with Gasteiger partial charge in [0.15, 0.2) is 5.96 Å². The fraction of sp³-hybridized carbons (Fsp3) is 0.609. The third-order valence-corrected chi connectivity index (χ3v) is 6.01. The van der Waals surface area contributed by atoms with Crippen LogP contribution in [0.3, 0.4) is 0 Å². The number of nitrogens with one attached hydrogen (secondary N) is 2. The largest absolute Gasteiger partial charge is 0.359 e. The summed E-state index contributed by atoms with van der Waals surface area (Å²) in [5.74, 6) is 1.71. The molecule has 7 heteroatoms. The van der Waals surface area contributed by atoms with E-state index in [9.17, 15) is 9.59 Å². The van der Waals surface area contributed by atoms with Crippen molar-refractivity contribution in [3.05, 3.63) is 35.4 Å². The van der Waals surface area contributed by atoms with Crippen LogP contribution in [0.5, 0.6) is 0 Å². The van der Waals surface area contributed by atoms with Crippen molar-refractivity contribution in [1.82, 2.24) is 20.4 Å². The predicted octanol–water partition coefficient (Wildman–Crippen LogP) is 2.12. The van der Waals surface area contributed by atoms with E-state index in [0.29, 0.717) is 25.3 Å². The molecule has 1 saturated heterocycles. The van der Waals surface area contributed by atoms with Crippen molar-refractivity contribution >= 4 is 17.8 Å². The number of fused-ring (bicyclic) bond motifs is 1. The average Bonchev–Trinajstić information content (AvgIpc) is 3.21. The van der Waals surface area contributed by atoms with Crippen molar-refractivity contribution in [1.29, 1.82) is 0 Å². The quantitative estimate of drug-likeness (QED) is 0.408. The van der Waals surface area contributed by atoms with Crippen molar-refractivity contribution in [2.75, 3.05) is 33.2 Å². The van der Waals surface area contributed by atoms with Crippen molar-refractivity contribution < 1.29 is 9.59 Å². The summed E-state index contributed by atoms with van der Waals surface area (Å²) >= 11 is 0. The molecule has 2 aliphatic rings. The smallest absolute Gasteiger partial charge is 0.223 e. The summed E-state index contributed by atoms with van der Waals surface area (Å²) in [4.78, 5) is 33.1. The van der Waals surface area contributed by atoms with Gasteiger partial charge in [-0.05, 0) is 43.2 Å². The van der Waals surface area contributed by atoms with E-state index in [0.717, 1.165) is 57.9 Å². The number of nitrogens with zero attached hydrogens (tertiary/aromatic N) is 3. The summed E-state index contributed by atoms with van der Waals surface area (Å²) in [6.45, 7) is 6.83. The Morgan fingerprint density at radius 3 is 2.37 bits per heavy atom. The summed E-state index contributed by atoms with van der Waals surface area (Å²) in [7, 11) is 1.70. The van der Waals surface area contributed by atoms with Gasteiger partial charge < -0.3 is 20.4 Å². The van der Waals surface area contributed by atoms with Crippen LogP contribution in [-0.2, 0) is 22.7 Å². The molecule has 1 aromatic rings. The van der Waals surface area contributed by atoms with Gasteiger partial charge in [-0.2, -0.15) is 0 Å². The minimum Gasteiger partial charge on any atom is -0.359 e. The van der Waals surface area contributed by atoms with Gasteiger partial charge in [-0.1, -0.05) is 24.3 Å². The second kappa shape index (κ2) is 11.0. The van der Waals surface area contributed by atoms with Crippen LogP contribution in [0.1, 0.15) is 50.2 Å². The number of hydrogen-bond acceptors (Lipinski definition) is 3. The summed E-state index contributed by atoms with van der Waals surface area (Å²) in [5, 5.41) is 6.09. The first kappa shape index (κ1) is 22.1. The van der Waals surface area contributed by atoms with Crippen molar-refractivity contribution in [2.24, 2.45) is 10.9 Å². The maximum absolute atomic E-state index is 12.6. The maximum Gasteiger partial charge on any atom is 0.223 e. The number of carbonyl (C=O) groups is 2. The van der Waals surface area contributed by atoms with Gasteiger partial charge in [-0.15, -0.1) is 0 Å². The average molecular weight is 414 g/mol. The van der Waals surface area contributed by atoms with Crippen LogP contribution in [0, 0.1) is 5.92 Å². The van der Waals surface area contributed by atoms with Crippen LogP contribution in [0.4, 0.5) is 0 Å². The number of guanidine groups is 1. The minimum atomic E-state index is 0.125. The van der Waals surface area contributed by atoms with Crippen LogP contribution in [0.25, 0.3) is 0 Å². The van der Waals surface area contributed by atoms with E-state index in [4.69, 9.17) is 4.99 Å². The molecule has 2 heterocycles. The first-order valence-corrected chi connectivity index (χ1v) is 11.2. The molecule has 0 aromatic heterocycles. The Labute approximate surface area is 179 Å². The molecule has 2 N–H and O–H groups in total. The van der Waals surface area contributed by atoms with Crippen LogP contribution >= 0.6 is 0 Å². The Bertz CT molecular complexity index is 731. The Hall–Kier alpha value is -2.57. The van der Waals surface area contributed by atoms with Crippen molar-refractivity contribution in [3.63, 3.8) is 0 Å². The van der Waals surface area contributed by atoms with Gasteiger partial charge in [-0.25, -0.2) is 0 Å². The molecule has 2 aliphatic heterocycles. The predicted molar refractivity (Wildman–Crippen MR) is 119 cm³/mol. The highest BCUT2D eigenvalue weighted by Crippen LogP contribution is 2.23. The monoisotopic (exact) mass is 413 g/mol. The maximum atomic E-state index is 12.6. The SMILES string of the molecule is CCNC(=NCCCC(=O)N1Cc2ccccc2C1)N1CCC(CC(=O)NC)CC1. The van der Waals surface area contributed by atoms with E-state index in [1.54, 1.807) is 7.05 Å². The van der Waals surface area contributed by atoms with E-state index in [-0.39, 0.29) is 11.8 Å². The lowest BCUT2D eigenvalue weighted by Gasteiger charge is -2.34. The van der Waals surface area contributed by atoms with Crippen LogP contribution < -0.4 is 10.6 Å². The fourth-order valence-corrected chi connectivity index (χ4v) is 4.22. The number of benzene rings is 1. The zero-order valence-electron chi connectivity index (χ0n) is 18.3. The van der Waals surface area contributed by atoms with Gasteiger partial charge in [-0.3, -0.25) is 14.6 Å². The van der Waals surface area contributed by atoms with Crippen LogP contribution in [0.2, 0.25) is 0 Å². The fourth-order valence-electron chi connectivity index (χ4n) is 4.22. The molecule has 30 heavy (non-hydrogen) atoms. The number of likely N-dealkylation sites (tertiary alicyclic amines) is 1. The second-order valence-electron chi connectivity index (χ2n) is 8.17. The summed E-state index contributed by atoms with van der Waals surface area (Å²) in [6, 6.07) is 8.27. The van der Waals surface area contributed by atoms with Gasteiger partial charge in [0.1, 0.15) is 0 Å². The number of amides is 2. The molecular weight excluding hydrogens is 378 g/mol. The number of hydrogen-bond donors (Lipinski definition) is 2. The molecule has 0 spiro atoms. The zero-order chi connectivity index (χ0) is 21.3. The minimum absolute atomic E-state index is 0.125. The second-order valence-corrected chi connectivity index (χ2v) is 8.17. The lowest BCUT2D eigenvalue weighted by Crippen LogP contribution is -2.46. The number of aliphatic imine (C=N–C) groups is 1. The molecule has 3 rings (SSSR count). The van der Waals surface area contributed by atoms with E-state index in [1.165, 1.54) is 11.1 Å². The molecule has 7 nitrogen and oxygen atoms in total. The summed E-state index contributed by atoms with van der Waals surface area (Å²) < 4.78 is 0. The van der Waals surface area contributed by atoms with Gasteiger partial charge >= 0.3 is 0 Å². The Kier molecular flexibility index (Phi) is 8.11. The van der Waals surface area contributed by atoms with E-state index >= 15 is 0 Å². The zero-order valence-corrected chi connectivity index (χ0v) is 18.3. The molecule has 0 radical (unpaired) electrons.